The molecule has 0 bridgehead atoms. The highest BCUT2D eigenvalue weighted by molar-refractivity contribution is 5.69. The molecule has 1 saturated carbocycles. The number of ether oxygens (including phenoxy) is 1. The number of methoxy groups -OCH3 is 1. The molecule has 1 N–H and O–H groups in total. The summed E-state index contributed by atoms with van der Waals surface area (Å²) in [7, 11) is 1.69. The topological polar surface area (TPSA) is 49.8 Å². The Morgan fingerprint density at radius 3 is 2.81 bits per heavy atom. The van der Waals surface area contributed by atoms with E-state index < -0.39 is 5.97 Å². The zero-order valence-corrected chi connectivity index (χ0v) is 12.5. The number of carboxylic acid groups (broad SMARTS) is 1. The van der Waals surface area contributed by atoms with Crippen LogP contribution in [0.25, 0.3) is 0 Å². The summed E-state index contributed by atoms with van der Waals surface area (Å²) in [4.78, 5) is 13.3. The van der Waals surface area contributed by atoms with Gasteiger partial charge in [0, 0.05) is 12.6 Å². The molecule has 1 unspecified atom stereocenters. The number of rotatable bonds is 6. The molecular formula is C17H23NO3. The van der Waals surface area contributed by atoms with Crippen molar-refractivity contribution in [2.75, 3.05) is 20.2 Å². The number of hydrogen-bond acceptors (Lipinski definition) is 3. The minimum absolute atomic E-state index is 0.167. The van der Waals surface area contributed by atoms with Crippen LogP contribution in [0.1, 0.15) is 30.4 Å². The first-order valence-corrected chi connectivity index (χ1v) is 7.77. The van der Waals surface area contributed by atoms with Crippen molar-refractivity contribution in [2.24, 2.45) is 5.92 Å². The van der Waals surface area contributed by atoms with Crippen LogP contribution in [0.3, 0.4) is 0 Å². The molecule has 4 heteroatoms. The summed E-state index contributed by atoms with van der Waals surface area (Å²) in [5.74, 6) is 0.893. The second-order valence-electron chi connectivity index (χ2n) is 6.30. The maximum absolute atomic E-state index is 11.1. The Balaban J connectivity index is 1.73. The first-order chi connectivity index (χ1) is 10.2. The Morgan fingerprint density at radius 2 is 2.14 bits per heavy atom. The molecule has 4 nitrogen and oxygen atoms in total. The van der Waals surface area contributed by atoms with Crippen molar-refractivity contribution in [1.82, 2.24) is 4.90 Å². The molecule has 2 aliphatic carbocycles. The van der Waals surface area contributed by atoms with E-state index in [1.807, 2.05) is 6.07 Å². The van der Waals surface area contributed by atoms with Crippen LogP contribution >= 0.6 is 0 Å². The molecule has 114 valence electrons. The number of fused-ring (bicyclic) bond motifs is 1. The first kappa shape index (κ1) is 14.4. The van der Waals surface area contributed by atoms with Gasteiger partial charge in [-0.05, 0) is 61.3 Å². The van der Waals surface area contributed by atoms with E-state index in [4.69, 9.17) is 9.84 Å². The van der Waals surface area contributed by atoms with Crippen LogP contribution in [0, 0.1) is 5.92 Å². The Labute approximate surface area is 125 Å². The predicted molar refractivity (Wildman–Crippen MR) is 80.7 cm³/mol. The number of aryl methyl sites for hydroxylation is 1. The average Bonchev–Trinajstić information content (AvgIpc) is 3.29. The zero-order valence-electron chi connectivity index (χ0n) is 12.5. The fraction of sp³-hybridized carbons (Fsp3) is 0.588. The third kappa shape index (κ3) is 3.56. The van der Waals surface area contributed by atoms with Crippen LogP contribution in [0.5, 0.6) is 5.75 Å². The minimum atomic E-state index is -0.716. The Bertz CT molecular complexity index is 525. The second-order valence-corrected chi connectivity index (χ2v) is 6.30. The number of aliphatic carboxylic acids is 1. The van der Waals surface area contributed by atoms with Gasteiger partial charge in [0.15, 0.2) is 0 Å². The molecule has 1 aromatic carbocycles. The summed E-state index contributed by atoms with van der Waals surface area (Å²) in [6.45, 7) is 1.11. The van der Waals surface area contributed by atoms with Gasteiger partial charge in [0.2, 0.25) is 0 Å². The molecule has 1 fully saturated rings. The van der Waals surface area contributed by atoms with E-state index in [1.165, 1.54) is 24.0 Å². The normalized spacial score (nSPS) is 21.1. The maximum atomic E-state index is 11.1. The van der Waals surface area contributed by atoms with Gasteiger partial charge in [-0.15, -0.1) is 0 Å². The summed E-state index contributed by atoms with van der Waals surface area (Å²) >= 11 is 0. The molecule has 21 heavy (non-hydrogen) atoms. The maximum Gasteiger partial charge on any atom is 0.317 e. The number of hydrogen-bond donors (Lipinski definition) is 1. The van der Waals surface area contributed by atoms with E-state index in [-0.39, 0.29) is 6.54 Å². The number of carboxylic acids is 1. The highest BCUT2D eigenvalue weighted by Gasteiger charge is 2.31. The fourth-order valence-corrected chi connectivity index (χ4v) is 3.30. The third-order valence-corrected chi connectivity index (χ3v) is 4.66. The van der Waals surface area contributed by atoms with E-state index in [0.717, 1.165) is 37.5 Å². The summed E-state index contributed by atoms with van der Waals surface area (Å²) in [6.07, 6.45) is 5.54. The Hall–Kier alpha value is -1.55. The second kappa shape index (κ2) is 6.06. The Kier molecular flexibility index (Phi) is 4.15. The number of nitrogens with zero attached hydrogens (tertiary/aromatic N) is 1. The quantitative estimate of drug-likeness (QED) is 0.873. The molecular weight excluding hydrogens is 266 g/mol. The SMILES string of the molecule is COc1ccc2c(c1)CC(N(CC(=O)O)CC1CC1)CC2. The van der Waals surface area contributed by atoms with E-state index in [2.05, 4.69) is 17.0 Å². The largest absolute Gasteiger partial charge is 0.497 e. The lowest BCUT2D eigenvalue weighted by atomic mass is 9.87. The van der Waals surface area contributed by atoms with Crippen LogP contribution in [0.15, 0.2) is 18.2 Å². The van der Waals surface area contributed by atoms with Crippen LogP contribution < -0.4 is 4.74 Å². The summed E-state index contributed by atoms with van der Waals surface area (Å²) in [5, 5.41) is 9.16. The van der Waals surface area contributed by atoms with Crippen LogP contribution in [0.2, 0.25) is 0 Å². The van der Waals surface area contributed by atoms with Gasteiger partial charge in [-0.1, -0.05) is 6.07 Å². The van der Waals surface area contributed by atoms with Crippen molar-refractivity contribution in [3.05, 3.63) is 29.3 Å². The van der Waals surface area contributed by atoms with Crippen LogP contribution in [-0.4, -0.2) is 42.2 Å². The van der Waals surface area contributed by atoms with E-state index >= 15 is 0 Å². The molecule has 0 radical (unpaired) electrons. The monoisotopic (exact) mass is 289 g/mol. The molecule has 0 heterocycles. The zero-order chi connectivity index (χ0) is 14.8. The summed E-state index contributed by atoms with van der Waals surface area (Å²) in [5.41, 5.74) is 2.70. The molecule has 0 aromatic heterocycles. The van der Waals surface area contributed by atoms with Crippen molar-refractivity contribution in [2.45, 2.75) is 38.1 Å². The van der Waals surface area contributed by atoms with Crippen molar-refractivity contribution >= 4 is 5.97 Å². The minimum Gasteiger partial charge on any atom is -0.497 e. The summed E-state index contributed by atoms with van der Waals surface area (Å²) < 4.78 is 5.31. The van der Waals surface area contributed by atoms with Gasteiger partial charge in [-0.2, -0.15) is 0 Å². The fourth-order valence-electron chi connectivity index (χ4n) is 3.30. The van der Waals surface area contributed by atoms with Crippen molar-refractivity contribution in [1.29, 1.82) is 0 Å². The van der Waals surface area contributed by atoms with E-state index in [9.17, 15) is 4.79 Å². The highest BCUT2D eigenvalue weighted by atomic mass is 16.5. The third-order valence-electron chi connectivity index (χ3n) is 4.66. The van der Waals surface area contributed by atoms with Crippen molar-refractivity contribution in [3.63, 3.8) is 0 Å². The molecule has 0 saturated heterocycles. The molecule has 2 aliphatic rings. The number of carbonyl (C=O) groups is 1. The average molecular weight is 289 g/mol. The standard InChI is InChI=1S/C17H23NO3/c1-21-16-7-5-13-4-6-15(8-14(13)9-16)18(11-17(19)20)10-12-2-3-12/h5,7,9,12,15H,2-4,6,8,10-11H2,1H3,(H,19,20). The smallest absolute Gasteiger partial charge is 0.317 e. The van der Waals surface area contributed by atoms with E-state index in [0.29, 0.717) is 6.04 Å². The van der Waals surface area contributed by atoms with Gasteiger partial charge in [-0.3, -0.25) is 9.69 Å². The van der Waals surface area contributed by atoms with Crippen LogP contribution in [-0.2, 0) is 17.6 Å². The van der Waals surface area contributed by atoms with Gasteiger partial charge in [0.1, 0.15) is 5.75 Å². The Morgan fingerprint density at radius 1 is 1.33 bits per heavy atom. The van der Waals surface area contributed by atoms with Crippen LogP contribution in [0.4, 0.5) is 0 Å². The van der Waals surface area contributed by atoms with Gasteiger partial charge in [0.05, 0.1) is 13.7 Å². The van der Waals surface area contributed by atoms with Crippen molar-refractivity contribution in [3.8, 4) is 5.75 Å². The predicted octanol–water partition coefficient (Wildman–Crippen LogP) is 2.35. The highest BCUT2D eigenvalue weighted by Crippen LogP contribution is 2.33. The molecule has 1 atom stereocenters. The van der Waals surface area contributed by atoms with E-state index in [1.54, 1.807) is 7.11 Å². The lowest BCUT2D eigenvalue weighted by Gasteiger charge is -2.34. The molecule has 0 aliphatic heterocycles. The molecule has 1 aromatic rings. The van der Waals surface area contributed by atoms with Gasteiger partial charge >= 0.3 is 5.97 Å². The van der Waals surface area contributed by atoms with Gasteiger partial charge in [0.25, 0.3) is 0 Å². The first-order valence-electron chi connectivity index (χ1n) is 7.77. The lowest BCUT2D eigenvalue weighted by Crippen LogP contribution is -2.43. The molecule has 0 spiro atoms. The lowest BCUT2D eigenvalue weighted by molar-refractivity contribution is -0.139. The van der Waals surface area contributed by atoms with Crippen molar-refractivity contribution < 1.29 is 14.6 Å². The molecule has 3 rings (SSSR count). The van der Waals surface area contributed by atoms with Gasteiger partial charge < -0.3 is 9.84 Å². The molecule has 0 amide bonds. The summed E-state index contributed by atoms with van der Waals surface area (Å²) in [6, 6.07) is 6.62. The van der Waals surface area contributed by atoms with Gasteiger partial charge in [-0.25, -0.2) is 0 Å². The number of benzene rings is 1.